The van der Waals surface area contributed by atoms with Gasteiger partial charge in [-0.3, -0.25) is 0 Å². The molecular weight excluding hydrogens is 380 g/mol. The third-order valence-corrected chi connectivity index (χ3v) is 5.96. The molecule has 0 saturated carbocycles. The number of ether oxygens (including phenoxy) is 1. The highest BCUT2D eigenvalue weighted by Crippen LogP contribution is 2.50. The summed E-state index contributed by atoms with van der Waals surface area (Å²) in [6.07, 6.45) is -0.286. The Hall–Kier alpha value is -3.56. The minimum Gasteiger partial charge on any atom is -0.378 e. The van der Waals surface area contributed by atoms with Gasteiger partial charge in [0.1, 0.15) is 5.60 Å². The Morgan fingerprint density at radius 3 is 1.81 bits per heavy atom. The van der Waals surface area contributed by atoms with Crippen LogP contribution in [0.25, 0.3) is 0 Å². The second kappa shape index (κ2) is 7.93. The average molecular weight is 407 g/mol. The topological polar surface area (TPSA) is 24.5 Å². The standard InChI is InChI=1S/C28H26N2O/c1-30(2)24-19-17-21(18-20-24)27-29-26-16-10-9-15-25(26)28(31-27,22-11-5-3-6-12-22)23-13-7-4-8-14-23/h3-20,27,29H,1-2H3/t27-/m1/s1. The second-order valence-corrected chi connectivity index (χ2v) is 8.09. The highest BCUT2D eigenvalue weighted by atomic mass is 16.5. The molecule has 1 aliphatic rings. The Morgan fingerprint density at radius 1 is 0.677 bits per heavy atom. The Balaban J connectivity index is 1.71. The van der Waals surface area contributed by atoms with Crippen molar-refractivity contribution in [3.05, 3.63) is 131 Å². The molecule has 0 aliphatic carbocycles. The van der Waals surface area contributed by atoms with Gasteiger partial charge in [-0.15, -0.1) is 0 Å². The summed E-state index contributed by atoms with van der Waals surface area (Å²) < 4.78 is 7.03. The van der Waals surface area contributed by atoms with Crippen molar-refractivity contribution in [2.45, 2.75) is 11.8 Å². The van der Waals surface area contributed by atoms with Crippen molar-refractivity contribution in [2.24, 2.45) is 0 Å². The number of benzene rings is 4. The molecule has 3 nitrogen and oxygen atoms in total. The smallest absolute Gasteiger partial charge is 0.156 e. The number of anilines is 2. The van der Waals surface area contributed by atoms with E-state index in [-0.39, 0.29) is 6.23 Å². The van der Waals surface area contributed by atoms with Gasteiger partial charge in [-0.25, -0.2) is 0 Å². The summed E-state index contributed by atoms with van der Waals surface area (Å²) in [7, 11) is 4.10. The first-order chi connectivity index (χ1) is 15.2. The second-order valence-electron chi connectivity index (χ2n) is 8.09. The third-order valence-electron chi connectivity index (χ3n) is 5.96. The highest BCUT2D eigenvalue weighted by Gasteiger charge is 2.44. The Morgan fingerprint density at radius 2 is 1.23 bits per heavy atom. The maximum atomic E-state index is 7.03. The van der Waals surface area contributed by atoms with Crippen LogP contribution in [0.5, 0.6) is 0 Å². The molecule has 1 aliphatic heterocycles. The van der Waals surface area contributed by atoms with E-state index in [1.807, 2.05) is 12.1 Å². The van der Waals surface area contributed by atoms with Crippen LogP contribution in [0, 0.1) is 0 Å². The fraction of sp³-hybridized carbons (Fsp3) is 0.143. The molecule has 0 fully saturated rings. The Labute approximate surface area is 183 Å². The van der Waals surface area contributed by atoms with Crippen LogP contribution < -0.4 is 10.2 Å². The molecular formula is C28H26N2O. The molecule has 0 saturated heterocycles. The molecule has 1 heterocycles. The fourth-order valence-electron chi connectivity index (χ4n) is 4.39. The van der Waals surface area contributed by atoms with E-state index in [1.165, 1.54) is 0 Å². The summed E-state index contributed by atoms with van der Waals surface area (Å²) in [6, 6.07) is 38.0. The number of nitrogens with zero attached hydrogens (tertiary/aromatic N) is 1. The molecule has 154 valence electrons. The predicted molar refractivity (Wildman–Crippen MR) is 127 cm³/mol. The molecule has 3 heteroatoms. The molecule has 0 bridgehead atoms. The largest absolute Gasteiger partial charge is 0.378 e. The van der Waals surface area contributed by atoms with Gasteiger partial charge in [-0.1, -0.05) is 91.0 Å². The summed E-state index contributed by atoms with van der Waals surface area (Å²) in [5.74, 6) is 0. The summed E-state index contributed by atoms with van der Waals surface area (Å²) in [5, 5.41) is 3.62. The molecule has 0 spiro atoms. The van der Waals surface area contributed by atoms with E-state index in [0.717, 1.165) is 33.6 Å². The van der Waals surface area contributed by atoms with Crippen LogP contribution in [0.1, 0.15) is 28.5 Å². The van der Waals surface area contributed by atoms with Gasteiger partial charge in [-0.2, -0.15) is 0 Å². The van der Waals surface area contributed by atoms with E-state index >= 15 is 0 Å². The Kier molecular flexibility index (Phi) is 4.97. The van der Waals surface area contributed by atoms with Gasteiger partial charge >= 0.3 is 0 Å². The van der Waals surface area contributed by atoms with Crippen molar-refractivity contribution < 1.29 is 4.74 Å². The number of rotatable bonds is 4. The molecule has 0 aromatic heterocycles. The van der Waals surface area contributed by atoms with Gasteiger partial charge < -0.3 is 15.0 Å². The van der Waals surface area contributed by atoms with Gasteiger partial charge in [0.15, 0.2) is 6.23 Å². The monoisotopic (exact) mass is 406 g/mol. The van der Waals surface area contributed by atoms with Crippen LogP contribution in [0.15, 0.2) is 109 Å². The van der Waals surface area contributed by atoms with Gasteiger partial charge in [0.25, 0.3) is 0 Å². The van der Waals surface area contributed by atoms with Crippen molar-refractivity contribution in [3.8, 4) is 0 Å². The van der Waals surface area contributed by atoms with Gasteiger partial charge in [-0.05, 0) is 29.3 Å². The first-order valence-corrected chi connectivity index (χ1v) is 10.6. The van der Waals surface area contributed by atoms with Crippen molar-refractivity contribution in [3.63, 3.8) is 0 Å². The predicted octanol–water partition coefficient (Wildman–Crippen LogP) is 6.19. The summed E-state index contributed by atoms with van der Waals surface area (Å²) in [4.78, 5) is 2.10. The quantitative estimate of drug-likeness (QED) is 0.438. The number of hydrogen-bond donors (Lipinski definition) is 1. The lowest BCUT2D eigenvalue weighted by Crippen LogP contribution is -2.40. The van der Waals surface area contributed by atoms with Crippen LogP contribution in [-0.2, 0) is 10.3 Å². The molecule has 1 atom stereocenters. The van der Waals surface area contributed by atoms with Crippen LogP contribution in [0.3, 0.4) is 0 Å². The number of nitrogens with one attached hydrogen (secondary N) is 1. The maximum absolute atomic E-state index is 7.03. The van der Waals surface area contributed by atoms with Crippen molar-refractivity contribution >= 4 is 11.4 Å². The molecule has 5 rings (SSSR count). The lowest BCUT2D eigenvalue weighted by molar-refractivity contribution is -0.0432. The summed E-state index contributed by atoms with van der Waals surface area (Å²) in [5.41, 5.74) is 5.98. The fourth-order valence-corrected chi connectivity index (χ4v) is 4.39. The SMILES string of the molecule is CN(C)c1ccc([C@@H]2Nc3ccccc3C(c3ccccc3)(c3ccccc3)O2)cc1. The molecule has 4 aromatic carbocycles. The van der Waals surface area contributed by atoms with E-state index in [4.69, 9.17) is 4.74 Å². The van der Waals surface area contributed by atoms with Crippen LogP contribution in [-0.4, -0.2) is 14.1 Å². The van der Waals surface area contributed by atoms with Crippen LogP contribution >= 0.6 is 0 Å². The lowest BCUT2D eigenvalue weighted by atomic mass is 9.78. The van der Waals surface area contributed by atoms with E-state index in [0.29, 0.717) is 0 Å². The van der Waals surface area contributed by atoms with Crippen molar-refractivity contribution in [2.75, 3.05) is 24.3 Å². The third kappa shape index (κ3) is 3.37. The van der Waals surface area contributed by atoms with Gasteiger partial charge in [0.05, 0.1) is 0 Å². The van der Waals surface area contributed by atoms with Crippen molar-refractivity contribution in [1.29, 1.82) is 0 Å². The van der Waals surface area contributed by atoms with Crippen LogP contribution in [0.2, 0.25) is 0 Å². The summed E-state index contributed by atoms with van der Waals surface area (Å²) >= 11 is 0. The first-order valence-electron chi connectivity index (χ1n) is 10.6. The van der Waals surface area contributed by atoms with Crippen LogP contribution in [0.4, 0.5) is 11.4 Å². The summed E-state index contributed by atoms with van der Waals surface area (Å²) in [6.45, 7) is 0. The number of hydrogen-bond acceptors (Lipinski definition) is 3. The van der Waals surface area contributed by atoms with E-state index in [9.17, 15) is 0 Å². The molecule has 31 heavy (non-hydrogen) atoms. The average Bonchev–Trinajstić information content (AvgIpc) is 2.84. The minimum atomic E-state index is -0.713. The van der Waals surface area contributed by atoms with E-state index < -0.39 is 5.60 Å². The molecule has 0 radical (unpaired) electrons. The molecule has 0 unspecified atom stereocenters. The highest BCUT2D eigenvalue weighted by molar-refractivity contribution is 5.64. The zero-order valence-corrected chi connectivity index (χ0v) is 17.8. The first kappa shape index (κ1) is 19.4. The lowest BCUT2D eigenvalue weighted by Gasteiger charge is -2.44. The zero-order valence-electron chi connectivity index (χ0n) is 17.8. The maximum Gasteiger partial charge on any atom is 0.156 e. The molecule has 1 N–H and O–H groups in total. The zero-order chi connectivity index (χ0) is 21.3. The Bertz CT molecular complexity index is 1120. The van der Waals surface area contributed by atoms with Gasteiger partial charge in [0.2, 0.25) is 0 Å². The number of fused-ring (bicyclic) bond motifs is 1. The molecule has 0 amide bonds. The van der Waals surface area contributed by atoms with Crippen molar-refractivity contribution in [1.82, 2.24) is 0 Å². The number of para-hydroxylation sites is 1. The molecule has 4 aromatic rings. The van der Waals surface area contributed by atoms with E-state index in [2.05, 4.69) is 121 Å². The van der Waals surface area contributed by atoms with Gasteiger partial charge in [0, 0.05) is 36.6 Å². The van der Waals surface area contributed by atoms with E-state index in [1.54, 1.807) is 0 Å². The minimum absolute atomic E-state index is 0.286. The normalized spacial score (nSPS) is 16.8.